The van der Waals surface area contributed by atoms with Crippen LogP contribution in [-0.4, -0.2) is 34.2 Å². The van der Waals surface area contributed by atoms with E-state index in [1.165, 1.54) is 0 Å². The van der Waals surface area contributed by atoms with Crippen LogP contribution in [0.5, 0.6) is 0 Å². The van der Waals surface area contributed by atoms with E-state index >= 15 is 0 Å². The van der Waals surface area contributed by atoms with E-state index in [0.29, 0.717) is 31.6 Å². The number of hydrogen-bond donors (Lipinski definition) is 3. The normalized spacial score (nSPS) is 37.0. The highest BCUT2D eigenvalue weighted by molar-refractivity contribution is 5.84. The van der Waals surface area contributed by atoms with E-state index in [1.807, 2.05) is 0 Å². The van der Waals surface area contributed by atoms with Crippen molar-refractivity contribution in [1.29, 1.82) is 0 Å². The van der Waals surface area contributed by atoms with Gasteiger partial charge in [0, 0.05) is 6.54 Å². The molecule has 5 nitrogen and oxygen atoms in total. The lowest BCUT2D eigenvalue weighted by atomic mass is 9.77. The zero-order chi connectivity index (χ0) is 15.5. The molecule has 2 aliphatic rings. The lowest BCUT2D eigenvalue weighted by Gasteiger charge is -2.36. The summed E-state index contributed by atoms with van der Waals surface area (Å²) in [4.78, 5) is 23.5. The van der Waals surface area contributed by atoms with Gasteiger partial charge in [0.25, 0.3) is 0 Å². The highest BCUT2D eigenvalue weighted by atomic mass is 16.4. The first-order chi connectivity index (χ1) is 9.91. The molecule has 0 aromatic rings. The van der Waals surface area contributed by atoms with Crippen molar-refractivity contribution in [2.75, 3.05) is 6.54 Å². The third-order valence-corrected chi connectivity index (χ3v) is 5.08. The molecule has 2 unspecified atom stereocenters. The summed E-state index contributed by atoms with van der Waals surface area (Å²) < 4.78 is 0. The Morgan fingerprint density at radius 3 is 2.43 bits per heavy atom. The zero-order valence-corrected chi connectivity index (χ0v) is 12.8. The van der Waals surface area contributed by atoms with Crippen LogP contribution in [0.1, 0.15) is 58.3 Å². The highest BCUT2D eigenvalue weighted by Crippen LogP contribution is 2.33. The fourth-order valence-corrected chi connectivity index (χ4v) is 3.92. The van der Waals surface area contributed by atoms with Crippen molar-refractivity contribution >= 4 is 11.9 Å². The molecule has 120 valence electrons. The Kier molecular flexibility index (Phi) is 5.25. The number of nitrogens with one attached hydrogen (secondary N) is 1. The Morgan fingerprint density at radius 2 is 1.81 bits per heavy atom. The molecule has 5 heteroatoms. The fourth-order valence-electron chi connectivity index (χ4n) is 3.92. The van der Waals surface area contributed by atoms with Crippen LogP contribution < -0.4 is 5.32 Å². The Hall–Kier alpha value is -1.10. The topological polar surface area (TPSA) is 86.6 Å². The van der Waals surface area contributed by atoms with Gasteiger partial charge >= 0.3 is 5.97 Å². The van der Waals surface area contributed by atoms with E-state index in [0.717, 1.165) is 25.7 Å². The Balaban J connectivity index is 1.89. The summed E-state index contributed by atoms with van der Waals surface area (Å²) in [5, 5.41) is 22.6. The maximum absolute atomic E-state index is 12.3. The minimum atomic E-state index is -0.875. The van der Waals surface area contributed by atoms with Crippen molar-refractivity contribution in [3.63, 3.8) is 0 Å². The van der Waals surface area contributed by atoms with Crippen molar-refractivity contribution in [2.24, 2.45) is 17.8 Å². The van der Waals surface area contributed by atoms with E-state index in [2.05, 4.69) is 12.2 Å². The third kappa shape index (κ3) is 4.19. The predicted octanol–water partition coefficient (Wildman–Crippen LogP) is 1.93. The van der Waals surface area contributed by atoms with Crippen LogP contribution in [0.15, 0.2) is 0 Å². The molecule has 4 atom stereocenters. The smallest absolute Gasteiger partial charge is 0.307 e. The minimum absolute atomic E-state index is 0.200. The van der Waals surface area contributed by atoms with Crippen molar-refractivity contribution < 1.29 is 19.8 Å². The summed E-state index contributed by atoms with van der Waals surface area (Å²) in [7, 11) is 0. The first kappa shape index (κ1) is 16.3. The maximum atomic E-state index is 12.3. The summed E-state index contributed by atoms with van der Waals surface area (Å²) in [5.74, 6) is -1.62. The van der Waals surface area contributed by atoms with Crippen molar-refractivity contribution in [2.45, 2.75) is 63.9 Å². The number of carbonyl (C=O) groups excluding carboxylic acids is 1. The van der Waals surface area contributed by atoms with Crippen molar-refractivity contribution in [1.82, 2.24) is 5.32 Å². The molecule has 2 aliphatic carbocycles. The monoisotopic (exact) mass is 297 g/mol. The second-order valence-corrected chi connectivity index (χ2v) is 6.98. The summed E-state index contributed by atoms with van der Waals surface area (Å²) >= 11 is 0. The van der Waals surface area contributed by atoms with Gasteiger partial charge in [0.05, 0.1) is 17.4 Å². The Morgan fingerprint density at radius 1 is 1.14 bits per heavy atom. The number of amides is 1. The predicted molar refractivity (Wildman–Crippen MR) is 78.7 cm³/mol. The molecular weight excluding hydrogens is 270 g/mol. The third-order valence-electron chi connectivity index (χ3n) is 5.08. The molecule has 0 aromatic carbocycles. The van der Waals surface area contributed by atoms with Crippen LogP contribution in [0.2, 0.25) is 0 Å². The van der Waals surface area contributed by atoms with E-state index < -0.39 is 23.4 Å². The highest BCUT2D eigenvalue weighted by Gasteiger charge is 2.38. The molecule has 2 saturated carbocycles. The summed E-state index contributed by atoms with van der Waals surface area (Å²) in [6, 6.07) is 0. The van der Waals surface area contributed by atoms with Gasteiger partial charge in [-0.15, -0.1) is 0 Å². The lowest BCUT2D eigenvalue weighted by Crippen LogP contribution is -2.48. The van der Waals surface area contributed by atoms with Gasteiger partial charge in [-0.05, 0) is 31.6 Å². The van der Waals surface area contributed by atoms with Gasteiger partial charge in [-0.3, -0.25) is 9.59 Å². The molecule has 0 spiro atoms. The quantitative estimate of drug-likeness (QED) is 0.740. The molecule has 0 aromatic heterocycles. The number of hydrogen-bond acceptors (Lipinski definition) is 3. The second-order valence-electron chi connectivity index (χ2n) is 6.98. The number of aliphatic hydroxyl groups is 1. The van der Waals surface area contributed by atoms with Crippen LogP contribution in [0.3, 0.4) is 0 Å². The zero-order valence-electron chi connectivity index (χ0n) is 12.8. The van der Waals surface area contributed by atoms with E-state index in [1.54, 1.807) is 0 Å². The van der Waals surface area contributed by atoms with Gasteiger partial charge < -0.3 is 15.5 Å². The molecule has 0 aliphatic heterocycles. The number of aliphatic carboxylic acids is 1. The van der Waals surface area contributed by atoms with Gasteiger partial charge in [-0.1, -0.05) is 32.6 Å². The molecule has 2 rings (SSSR count). The molecule has 2 fully saturated rings. The van der Waals surface area contributed by atoms with Gasteiger partial charge in [0.15, 0.2) is 0 Å². The molecule has 21 heavy (non-hydrogen) atoms. The minimum Gasteiger partial charge on any atom is -0.481 e. The maximum Gasteiger partial charge on any atom is 0.307 e. The number of carboxylic acid groups (broad SMARTS) is 1. The van der Waals surface area contributed by atoms with Crippen LogP contribution in [0.25, 0.3) is 0 Å². The van der Waals surface area contributed by atoms with Crippen LogP contribution >= 0.6 is 0 Å². The molecule has 3 N–H and O–H groups in total. The average molecular weight is 297 g/mol. The largest absolute Gasteiger partial charge is 0.481 e. The fraction of sp³-hybridized carbons (Fsp3) is 0.875. The summed E-state index contributed by atoms with van der Waals surface area (Å²) in [6.45, 7) is 2.37. The van der Waals surface area contributed by atoms with Gasteiger partial charge in [-0.25, -0.2) is 0 Å². The van der Waals surface area contributed by atoms with E-state index in [9.17, 15) is 19.8 Å². The SMILES string of the molecule is CC1CCCC(O)(CNC(=O)[C@@H]2CCCC[C@@H]2C(=O)O)C1. The van der Waals surface area contributed by atoms with Crippen LogP contribution in [0, 0.1) is 17.8 Å². The van der Waals surface area contributed by atoms with Crippen molar-refractivity contribution in [3.8, 4) is 0 Å². The molecular formula is C16H27NO4. The molecule has 0 bridgehead atoms. The number of carbonyl (C=O) groups is 2. The lowest BCUT2D eigenvalue weighted by molar-refractivity contribution is -0.149. The first-order valence-corrected chi connectivity index (χ1v) is 8.14. The van der Waals surface area contributed by atoms with E-state index in [-0.39, 0.29) is 12.5 Å². The summed E-state index contributed by atoms with van der Waals surface area (Å²) in [6.07, 6.45) is 6.53. The molecule has 0 radical (unpaired) electrons. The molecule has 1 amide bonds. The molecule has 0 saturated heterocycles. The Labute approximate surface area is 126 Å². The van der Waals surface area contributed by atoms with Gasteiger partial charge in [-0.2, -0.15) is 0 Å². The van der Waals surface area contributed by atoms with Crippen molar-refractivity contribution in [3.05, 3.63) is 0 Å². The second kappa shape index (κ2) is 6.77. The van der Waals surface area contributed by atoms with E-state index in [4.69, 9.17) is 0 Å². The van der Waals surface area contributed by atoms with Crippen LogP contribution in [0.4, 0.5) is 0 Å². The standard InChI is InChI=1S/C16H27NO4/c1-11-5-4-8-16(21,9-11)10-17-14(18)12-6-2-3-7-13(12)15(19)20/h11-13,21H,2-10H2,1H3,(H,17,18)(H,19,20)/t11?,12-,13+,16?/m1/s1. The number of rotatable bonds is 4. The first-order valence-electron chi connectivity index (χ1n) is 8.14. The van der Waals surface area contributed by atoms with Crippen LogP contribution in [-0.2, 0) is 9.59 Å². The Bertz CT molecular complexity index is 398. The van der Waals surface area contributed by atoms with Gasteiger partial charge in [0.1, 0.15) is 0 Å². The molecule has 0 heterocycles. The number of carboxylic acids is 1. The van der Waals surface area contributed by atoms with Gasteiger partial charge in [0.2, 0.25) is 5.91 Å². The average Bonchev–Trinajstić information content (AvgIpc) is 2.44. The summed E-state index contributed by atoms with van der Waals surface area (Å²) in [5.41, 5.74) is -0.819.